The molecule has 6 heteroatoms. The molecule has 0 radical (unpaired) electrons. The minimum Gasteiger partial charge on any atom is -0.481 e. The first-order valence-electron chi connectivity index (χ1n) is 9.43. The van der Waals surface area contributed by atoms with Gasteiger partial charge in [0.1, 0.15) is 0 Å². The third kappa shape index (κ3) is 4.38. The number of carbonyl (C=O) groups excluding carboxylic acids is 1. The molecule has 1 aromatic heterocycles. The summed E-state index contributed by atoms with van der Waals surface area (Å²) in [6.45, 7) is 5.90. The lowest BCUT2D eigenvalue weighted by Crippen LogP contribution is -2.43. The molecule has 0 aliphatic carbocycles. The maximum Gasteiger partial charge on any atom is 0.258 e. The number of carbonyl (C=O) groups is 1. The molecule has 1 saturated heterocycles. The largest absolute Gasteiger partial charge is 0.481 e. The maximum absolute atomic E-state index is 13.1. The van der Waals surface area contributed by atoms with Gasteiger partial charge in [-0.15, -0.1) is 0 Å². The third-order valence-corrected chi connectivity index (χ3v) is 5.20. The van der Waals surface area contributed by atoms with E-state index in [0.29, 0.717) is 17.4 Å². The molecule has 3 rings (SSSR count). The van der Waals surface area contributed by atoms with Crippen LogP contribution in [0.5, 0.6) is 5.88 Å². The van der Waals surface area contributed by atoms with Crippen LogP contribution < -0.4 is 10.3 Å². The second kappa shape index (κ2) is 8.37. The molecule has 27 heavy (non-hydrogen) atoms. The van der Waals surface area contributed by atoms with Crippen LogP contribution in [0.3, 0.4) is 0 Å². The summed E-state index contributed by atoms with van der Waals surface area (Å²) in [6, 6.07) is 9.61. The number of H-pyrrole nitrogens is 1. The lowest BCUT2D eigenvalue weighted by molar-refractivity contribution is -0.134. The first-order chi connectivity index (χ1) is 13.0. The molecule has 1 aliphatic rings. The number of ether oxygens (including phenoxy) is 1. The lowest BCUT2D eigenvalue weighted by Gasteiger charge is -2.35. The number of hydrogen-bond donors (Lipinski definition) is 1. The Morgan fingerprint density at radius 1 is 1.26 bits per heavy atom. The van der Waals surface area contributed by atoms with Gasteiger partial charge in [0.2, 0.25) is 11.8 Å². The summed E-state index contributed by atoms with van der Waals surface area (Å²) in [5.74, 6) is 0.903. The fourth-order valence-electron chi connectivity index (χ4n) is 4.11. The molecule has 2 aromatic rings. The van der Waals surface area contributed by atoms with Crippen molar-refractivity contribution in [3.05, 3.63) is 58.1 Å². The predicted octanol–water partition coefficient (Wildman–Crippen LogP) is 2.81. The van der Waals surface area contributed by atoms with E-state index < -0.39 is 5.92 Å². The Labute approximate surface area is 159 Å². The number of aromatic amines is 1. The molecule has 2 heterocycles. The number of methoxy groups -OCH3 is 1. The van der Waals surface area contributed by atoms with E-state index in [4.69, 9.17) is 4.74 Å². The number of likely N-dealkylation sites (tertiary alicyclic amines) is 1. The molecule has 1 amide bonds. The summed E-state index contributed by atoms with van der Waals surface area (Å²) in [4.78, 5) is 34.4. The molecular weight excluding hydrogens is 342 g/mol. The van der Waals surface area contributed by atoms with Gasteiger partial charge in [-0.1, -0.05) is 44.2 Å². The van der Waals surface area contributed by atoms with Crippen LogP contribution in [-0.2, 0) is 4.79 Å². The Bertz CT molecular complexity index is 824. The van der Waals surface area contributed by atoms with Gasteiger partial charge in [-0.25, -0.2) is 4.98 Å². The minimum absolute atomic E-state index is 0.0626. The number of nitrogens with zero attached hydrogens (tertiary/aromatic N) is 2. The van der Waals surface area contributed by atoms with Crippen molar-refractivity contribution in [1.29, 1.82) is 0 Å². The van der Waals surface area contributed by atoms with Crippen molar-refractivity contribution >= 4 is 5.91 Å². The zero-order valence-electron chi connectivity index (χ0n) is 16.1. The number of aromatic nitrogens is 2. The Hall–Kier alpha value is -2.63. The molecule has 3 unspecified atom stereocenters. The lowest BCUT2D eigenvalue weighted by atomic mass is 9.87. The number of rotatable bonds is 5. The number of piperidine rings is 1. The van der Waals surface area contributed by atoms with Gasteiger partial charge in [0.25, 0.3) is 5.56 Å². The summed E-state index contributed by atoms with van der Waals surface area (Å²) in [5.41, 5.74) is 1.03. The van der Waals surface area contributed by atoms with Crippen LogP contribution in [0.25, 0.3) is 0 Å². The number of amides is 1. The molecule has 1 fully saturated rings. The van der Waals surface area contributed by atoms with Gasteiger partial charge in [0.05, 0.1) is 19.0 Å². The topological polar surface area (TPSA) is 75.3 Å². The highest BCUT2D eigenvalue weighted by Crippen LogP contribution is 2.32. The molecule has 1 aliphatic heterocycles. The van der Waals surface area contributed by atoms with Crippen LogP contribution in [-0.4, -0.2) is 41.0 Å². The Morgan fingerprint density at radius 2 is 1.93 bits per heavy atom. The van der Waals surface area contributed by atoms with Crippen LogP contribution in [0, 0.1) is 11.8 Å². The Morgan fingerprint density at radius 3 is 2.56 bits per heavy atom. The number of nitrogens with one attached hydrogen (secondary N) is 1. The molecule has 1 N–H and O–H groups in total. The monoisotopic (exact) mass is 369 g/mol. The summed E-state index contributed by atoms with van der Waals surface area (Å²) in [5, 5.41) is 0. The fraction of sp³-hybridized carbons (Fsp3) is 0.476. The first-order valence-corrected chi connectivity index (χ1v) is 9.43. The molecule has 3 atom stereocenters. The van der Waals surface area contributed by atoms with Crippen molar-refractivity contribution in [3.63, 3.8) is 0 Å². The van der Waals surface area contributed by atoms with Gasteiger partial charge in [0.15, 0.2) is 0 Å². The van der Waals surface area contributed by atoms with Crippen molar-refractivity contribution < 1.29 is 9.53 Å². The molecule has 6 nitrogen and oxygen atoms in total. The zero-order chi connectivity index (χ0) is 19.4. The van der Waals surface area contributed by atoms with Crippen molar-refractivity contribution in [2.75, 3.05) is 20.2 Å². The second-order valence-corrected chi connectivity index (χ2v) is 7.57. The molecule has 144 valence electrons. The third-order valence-electron chi connectivity index (χ3n) is 5.20. The highest BCUT2D eigenvalue weighted by atomic mass is 16.5. The van der Waals surface area contributed by atoms with Gasteiger partial charge in [0, 0.05) is 25.4 Å². The average molecular weight is 369 g/mol. The number of benzene rings is 1. The molecule has 1 aromatic carbocycles. The van der Waals surface area contributed by atoms with E-state index in [9.17, 15) is 9.59 Å². The first kappa shape index (κ1) is 19.1. The highest BCUT2D eigenvalue weighted by molar-refractivity contribution is 5.78. The summed E-state index contributed by atoms with van der Waals surface area (Å²) < 4.78 is 5.33. The van der Waals surface area contributed by atoms with E-state index in [1.165, 1.54) is 13.4 Å². The van der Waals surface area contributed by atoms with Crippen molar-refractivity contribution in [2.45, 2.75) is 32.6 Å². The smallest absolute Gasteiger partial charge is 0.258 e. The SMILES string of the molecule is COc1nc[nH]c(=O)c1C(CC(=O)N1CC(C)CC(C)C1)c1ccccc1. The molecule has 0 bridgehead atoms. The van der Waals surface area contributed by atoms with E-state index in [1.54, 1.807) is 0 Å². The summed E-state index contributed by atoms with van der Waals surface area (Å²) in [6.07, 6.45) is 2.68. The zero-order valence-corrected chi connectivity index (χ0v) is 16.1. The molecular formula is C21H27N3O3. The van der Waals surface area contributed by atoms with Crippen molar-refractivity contribution in [3.8, 4) is 5.88 Å². The quantitative estimate of drug-likeness (QED) is 0.879. The summed E-state index contributed by atoms with van der Waals surface area (Å²) >= 11 is 0. The van der Waals surface area contributed by atoms with Crippen molar-refractivity contribution in [2.24, 2.45) is 11.8 Å². The highest BCUT2D eigenvalue weighted by Gasteiger charge is 2.30. The van der Waals surface area contributed by atoms with Crippen molar-refractivity contribution in [1.82, 2.24) is 14.9 Å². The van der Waals surface area contributed by atoms with Crippen LogP contribution >= 0.6 is 0 Å². The van der Waals surface area contributed by atoms with Crippen LogP contribution in [0.1, 0.15) is 43.7 Å². The van der Waals surface area contributed by atoms with Gasteiger partial charge in [-0.2, -0.15) is 0 Å². The van der Waals surface area contributed by atoms with E-state index in [2.05, 4.69) is 23.8 Å². The van der Waals surface area contributed by atoms with Gasteiger partial charge >= 0.3 is 0 Å². The Kier molecular flexibility index (Phi) is 5.94. The van der Waals surface area contributed by atoms with Crippen LogP contribution in [0.2, 0.25) is 0 Å². The standard InChI is InChI=1S/C21H27N3O3/c1-14-9-15(2)12-24(11-14)18(25)10-17(16-7-5-4-6-8-16)19-20(26)22-13-23-21(19)27-3/h4-8,13-15,17H,9-12H2,1-3H3,(H,22,23,26). The summed E-state index contributed by atoms with van der Waals surface area (Å²) in [7, 11) is 1.49. The van der Waals surface area contributed by atoms with E-state index >= 15 is 0 Å². The Balaban J connectivity index is 1.95. The van der Waals surface area contributed by atoms with Crippen LogP contribution in [0.15, 0.2) is 41.5 Å². The predicted molar refractivity (Wildman–Crippen MR) is 104 cm³/mol. The van der Waals surface area contributed by atoms with Gasteiger partial charge < -0.3 is 14.6 Å². The van der Waals surface area contributed by atoms with Crippen LogP contribution in [0.4, 0.5) is 0 Å². The fourth-order valence-corrected chi connectivity index (χ4v) is 4.11. The van der Waals surface area contributed by atoms with Gasteiger partial charge in [-0.3, -0.25) is 9.59 Å². The molecule has 0 saturated carbocycles. The van der Waals surface area contributed by atoms with Gasteiger partial charge in [-0.05, 0) is 23.8 Å². The normalized spacial score (nSPS) is 20.9. The maximum atomic E-state index is 13.1. The minimum atomic E-state index is -0.404. The second-order valence-electron chi connectivity index (χ2n) is 7.57. The molecule has 0 spiro atoms. The average Bonchev–Trinajstić information content (AvgIpc) is 2.66. The number of hydrogen-bond acceptors (Lipinski definition) is 4. The van der Waals surface area contributed by atoms with E-state index in [0.717, 1.165) is 25.1 Å². The van der Waals surface area contributed by atoms with E-state index in [-0.39, 0.29) is 23.8 Å². The van der Waals surface area contributed by atoms with E-state index in [1.807, 2.05) is 35.2 Å².